The van der Waals surface area contributed by atoms with Gasteiger partial charge in [0.1, 0.15) is 5.75 Å². The molecule has 1 saturated heterocycles. The second kappa shape index (κ2) is 8.47. The molecule has 1 aliphatic heterocycles. The van der Waals surface area contributed by atoms with Crippen molar-refractivity contribution in [3.63, 3.8) is 0 Å². The van der Waals surface area contributed by atoms with E-state index in [9.17, 15) is 0 Å². The molecular weight excluding hydrogens is 352 g/mol. The molecule has 2 heterocycles. The quantitative estimate of drug-likeness (QED) is 0.761. The summed E-state index contributed by atoms with van der Waals surface area (Å²) in [5, 5.41) is 12.9. The van der Waals surface area contributed by atoms with E-state index in [-0.39, 0.29) is 6.04 Å². The van der Waals surface area contributed by atoms with E-state index in [4.69, 9.17) is 4.74 Å². The number of para-hydroxylation sites is 2. The molecule has 0 N–H and O–H groups in total. The zero-order valence-corrected chi connectivity index (χ0v) is 17.3. The van der Waals surface area contributed by atoms with Crippen LogP contribution in [-0.2, 0) is 0 Å². The first-order valence-corrected chi connectivity index (χ1v) is 10.6. The summed E-state index contributed by atoms with van der Waals surface area (Å²) < 4.78 is 7.69. The minimum absolute atomic E-state index is 0.260. The van der Waals surface area contributed by atoms with E-state index in [1.807, 2.05) is 12.1 Å². The van der Waals surface area contributed by atoms with Crippen LogP contribution in [0.3, 0.4) is 0 Å². The molecule has 4 rings (SSSR count). The first kappa shape index (κ1) is 19.2. The third-order valence-electron chi connectivity index (χ3n) is 6.22. The average Bonchev–Trinajstić information content (AvgIpc) is 3.40. The van der Waals surface area contributed by atoms with Crippen molar-refractivity contribution < 1.29 is 4.74 Å². The van der Waals surface area contributed by atoms with Gasteiger partial charge in [-0.15, -0.1) is 5.10 Å². The van der Waals surface area contributed by atoms with Crippen LogP contribution in [0.5, 0.6) is 5.75 Å². The van der Waals surface area contributed by atoms with Gasteiger partial charge in [0.2, 0.25) is 0 Å². The first-order valence-electron chi connectivity index (χ1n) is 10.6. The summed E-state index contributed by atoms with van der Waals surface area (Å²) in [5.41, 5.74) is 1.18. The predicted octanol–water partition coefficient (Wildman–Crippen LogP) is 3.32. The fraction of sp³-hybridized carbons (Fsp3) is 0.667. The summed E-state index contributed by atoms with van der Waals surface area (Å²) in [6.07, 6.45) is 4.97. The Morgan fingerprint density at radius 3 is 2.43 bits per heavy atom. The molecular formula is C21H32N6O. The Hall–Kier alpha value is -2.15. The second-order valence-electron chi connectivity index (χ2n) is 8.30. The number of ether oxygens (including phenoxy) is 1. The molecule has 1 aliphatic carbocycles. The summed E-state index contributed by atoms with van der Waals surface area (Å²) in [6.45, 7) is 8.52. The fourth-order valence-electron chi connectivity index (χ4n) is 4.82. The van der Waals surface area contributed by atoms with E-state index in [0.717, 1.165) is 37.8 Å². The van der Waals surface area contributed by atoms with Gasteiger partial charge < -0.3 is 9.64 Å². The molecule has 0 radical (unpaired) electrons. The monoisotopic (exact) mass is 384 g/mol. The van der Waals surface area contributed by atoms with Crippen molar-refractivity contribution in [1.82, 2.24) is 25.1 Å². The molecule has 1 aromatic carbocycles. The van der Waals surface area contributed by atoms with Crippen LogP contribution in [0.15, 0.2) is 24.3 Å². The Kier molecular flexibility index (Phi) is 5.80. The molecule has 1 saturated carbocycles. The maximum atomic E-state index is 5.56. The van der Waals surface area contributed by atoms with Crippen molar-refractivity contribution in [3.8, 4) is 5.75 Å². The Balaban J connectivity index is 1.50. The van der Waals surface area contributed by atoms with E-state index < -0.39 is 0 Å². The molecule has 2 fully saturated rings. The lowest BCUT2D eigenvalue weighted by Crippen LogP contribution is -2.49. The molecule has 0 spiro atoms. The number of methoxy groups -OCH3 is 1. The number of tetrazole rings is 1. The number of hydrogen-bond donors (Lipinski definition) is 0. The van der Waals surface area contributed by atoms with E-state index in [1.54, 1.807) is 7.11 Å². The van der Waals surface area contributed by atoms with Crippen LogP contribution in [0.2, 0.25) is 0 Å². The zero-order chi connectivity index (χ0) is 19.5. The lowest BCUT2D eigenvalue weighted by Gasteiger charge is -2.41. The van der Waals surface area contributed by atoms with Crippen LogP contribution < -0.4 is 9.64 Å². The first-order chi connectivity index (χ1) is 13.7. The van der Waals surface area contributed by atoms with E-state index in [0.29, 0.717) is 12.0 Å². The zero-order valence-electron chi connectivity index (χ0n) is 17.3. The van der Waals surface area contributed by atoms with Gasteiger partial charge in [0.25, 0.3) is 0 Å². The topological polar surface area (TPSA) is 59.3 Å². The lowest BCUT2D eigenvalue weighted by atomic mass is 10.00. The highest BCUT2D eigenvalue weighted by Crippen LogP contribution is 2.35. The molecule has 0 amide bonds. The van der Waals surface area contributed by atoms with Crippen LogP contribution in [0.4, 0.5) is 5.69 Å². The molecule has 7 heteroatoms. The predicted molar refractivity (Wildman–Crippen MR) is 110 cm³/mol. The summed E-state index contributed by atoms with van der Waals surface area (Å²) in [6, 6.07) is 9.02. The van der Waals surface area contributed by atoms with Gasteiger partial charge in [-0.1, -0.05) is 38.8 Å². The van der Waals surface area contributed by atoms with E-state index >= 15 is 0 Å². The van der Waals surface area contributed by atoms with Gasteiger partial charge in [-0.3, -0.25) is 4.90 Å². The SMILES string of the molecule is COc1ccccc1N1CCN([C@H](c2nnnn2C2CCCC2)C(C)C)CC1. The minimum atomic E-state index is 0.260. The standard InChI is InChI=1S/C21H32N6O/c1-16(2)20(21-22-23-24-27(21)17-8-4-5-9-17)26-14-12-25(13-15-26)18-10-6-7-11-19(18)28-3/h6-7,10-11,16-17,20H,4-5,8-9,12-15H2,1-3H3/t20-/m0/s1. The van der Waals surface area contributed by atoms with Crippen LogP contribution in [-0.4, -0.2) is 58.4 Å². The number of hydrogen-bond acceptors (Lipinski definition) is 6. The highest BCUT2D eigenvalue weighted by molar-refractivity contribution is 5.58. The molecule has 7 nitrogen and oxygen atoms in total. The van der Waals surface area contributed by atoms with Crippen LogP contribution >= 0.6 is 0 Å². The number of benzene rings is 1. The highest BCUT2D eigenvalue weighted by atomic mass is 16.5. The van der Waals surface area contributed by atoms with Crippen LogP contribution in [0.1, 0.15) is 57.4 Å². The number of nitrogens with zero attached hydrogens (tertiary/aromatic N) is 6. The molecule has 2 aromatic rings. The summed E-state index contributed by atoms with van der Waals surface area (Å²) in [5.74, 6) is 2.46. The molecule has 1 aromatic heterocycles. The van der Waals surface area contributed by atoms with E-state index in [2.05, 4.69) is 56.0 Å². The summed E-state index contributed by atoms with van der Waals surface area (Å²) >= 11 is 0. The Bertz CT molecular complexity index is 762. The molecule has 2 aliphatic rings. The summed E-state index contributed by atoms with van der Waals surface area (Å²) in [7, 11) is 1.74. The smallest absolute Gasteiger partial charge is 0.168 e. The largest absolute Gasteiger partial charge is 0.495 e. The van der Waals surface area contributed by atoms with Crippen molar-refractivity contribution in [2.24, 2.45) is 5.92 Å². The van der Waals surface area contributed by atoms with E-state index in [1.165, 1.54) is 31.4 Å². The average molecular weight is 385 g/mol. The third-order valence-corrected chi connectivity index (χ3v) is 6.22. The molecule has 0 unspecified atom stereocenters. The fourth-order valence-corrected chi connectivity index (χ4v) is 4.82. The van der Waals surface area contributed by atoms with Gasteiger partial charge in [0.15, 0.2) is 5.82 Å². The van der Waals surface area contributed by atoms with Crippen molar-refractivity contribution in [1.29, 1.82) is 0 Å². The Labute approximate surface area is 167 Å². The van der Waals surface area contributed by atoms with Crippen molar-refractivity contribution in [2.75, 3.05) is 38.2 Å². The van der Waals surface area contributed by atoms with Gasteiger partial charge in [-0.2, -0.15) is 0 Å². The number of anilines is 1. The van der Waals surface area contributed by atoms with Crippen molar-refractivity contribution >= 4 is 5.69 Å². The van der Waals surface area contributed by atoms with Gasteiger partial charge in [0.05, 0.1) is 24.9 Å². The molecule has 152 valence electrons. The van der Waals surface area contributed by atoms with Crippen molar-refractivity contribution in [2.45, 2.75) is 51.6 Å². The maximum absolute atomic E-state index is 5.56. The highest BCUT2D eigenvalue weighted by Gasteiger charge is 2.34. The van der Waals surface area contributed by atoms with Crippen LogP contribution in [0.25, 0.3) is 0 Å². The number of rotatable bonds is 6. The van der Waals surface area contributed by atoms with Crippen molar-refractivity contribution in [3.05, 3.63) is 30.1 Å². The van der Waals surface area contributed by atoms with Gasteiger partial charge in [0, 0.05) is 26.2 Å². The Morgan fingerprint density at radius 2 is 1.75 bits per heavy atom. The number of aromatic nitrogens is 4. The normalized spacial score (nSPS) is 20.1. The van der Waals surface area contributed by atoms with Gasteiger partial charge in [-0.05, 0) is 41.3 Å². The molecule has 28 heavy (non-hydrogen) atoms. The lowest BCUT2D eigenvalue weighted by molar-refractivity contribution is 0.132. The second-order valence-corrected chi connectivity index (χ2v) is 8.30. The number of piperazine rings is 1. The third kappa shape index (κ3) is 3.72. The minimum Gasteiger partial charge on any atom is -0.495 e. The van der Waals surface area contributed by atoms with Gasteiger partial charge >= 0.3 is 0 Å². The Morgan fingerprint density at radius 1 is 1.04 bits per heavy atom. The molecule has 0 bridgehead atoms. The molecule has 1 atom stereocenters. The summed E-state index contributed by atoms with van der Waals surface area (Å²) in [4.78, 5) is 4.99. The van der Waals surface area contributed by atoms with Crippen LogP contribution in [0, 0.1) is 5.92 Å². The van der Waals surface area contributed by atoms with Gasteiger partial charge in [-0.25, -0.2) is 4.68 Å². The maximum Gasteiger partial charge on any atom is 0.168 e.